The second-order valence-corrected chi connectivity index (χ2v) is 6.37. The highest BCUT2D eigenvalue weighted by Crippen LogP contribution is 2.26. The molecule has 1 rings (SSSR count). The number of amides is 2. The van der Waals surface area contributed by atoms with Gasteiger partial charge in [-0.2, -0.15) is 0 Å². The zero-order chi connectivity index (χ0) is 19.2. The molecule has 0 saturated carbocycles. The minimum atomic E-state index is -4.74. The first-order valence-corrected chi connectivity index (χ1v) is 7.92. The monoisotopic (exact) mass is 360 g/mol. The van der Waals surface area contributed by atoms with E-state index in [-0.39, 0.29) is 29.9 Å². The van der Waals surface area contributed by atoms with Gasteiger partial charge in [-0.3, -0.25) is 9.59 Å². The van der Waals surface area contributed by atoms with Crippen LogP contribution in [0.5, 0.6) is 5.75 Å². The molecule has 140 valence electrons. The quantitative estimate of drug-likeness (QED) is 0.747. The molecule has 0 radical (unpaired) electrons. The van der Waals surface area contributed by atoms with Crippen molar-refractivity contribution in [2.45, 2.75) is 51.9 Å². The summed E-state index contributed by atoms with van der Waals surface area (Å²) in [6.45, 7) is 5.59. The van der Waals surface area contributed by atoms with Crippen molar-refractivity contribution in [2.24, 2.45) is 11.7 Å². The Bertz CT molecular complexity index is 586. The van der Waals surface area contributed by atoms with Crippen LogP contribution in [0.1, 0.15) is 45.1 Å². The van der Waals surface area contributed by atoms with Crippen LogP contribution >= 0.6 is 0 Å². The summed E-state index contributed by atoms with van der Waals surface area (Å²) in [7, 11) is 0. The van der Waals surface area contributed by atoms with E-state index in [9.17, 15) is 22.8 Å². The maximum absolute atomic E-state index is 12.1. The van der Waals surface area contributed by atoms with Gasteiger partial charge in [0.05, 0.1) is 0 Å². The van der Waals surface area contributed by atoms with Gasteiger partial charge in [0.25, 0.3) is 0 Å². The van der Waals surface area contributed by atoms with Crippen molar-refractivity contribution >= 4 is 11.8 Å². The maximum atomic E-state index is 12.1. The Kier molecular flexibility index (Phi) is 7.26. The summed E-state index contributed by atoms with van der Waals surface area (Å²) in [5.41, 5.74) is 5.97. The Morgan fingerprint density at radius 2 is 1.72 bits per heavy atom. The predicted octanol–water partition coefficient (Wildman–Crippen LogP) is 3.10. The van der Waals surface area contributed by atoms with Gasteiger partial charge >= 0.3 is 6.36 Å². The van der Waals surface area contributed by atoms with E-state index in [1.54, 1.807) is 6.92 Å². The maximum Gasteiger partial charge on any atom is 0.573 e. The molecule has 0 aliphatic rings. The number of carbonyl (C=O) groups excluding carboxylic acids is 2. The van der Waals surface area contributed by atoms with Crippen molar-refractivity contribution < 1.29 is 27.5 Å². The Morgan fingerprint density at radius 1 is 1.16 bits per heavy atom. The number of halogens is 3. The van der Waals surface area contributed by atoms with Crippen LogP contribution in [0.2, 0.25) is 0 Å². The molecular weight excluding hydrogens is 337 g/mol. The molecule has 0 fully saturated rings. The topological polar surface area (TPSA) is 81.4 Å². The minimum absolute atomic E-state index is 0.0847. The van der Waals surface area contributed by atoms with Crippen LogP contribution in [-0.2, 0) is 9.59 Å². The van der Waals surface area contributed by atoms with E-state index in [0.717, 1.165) is 0 Å². The van der Waals surface area contributed by atoms with Gasteiger partial charge in [-0.25, -0.2) is 0 Å². The first kappa shape index (κ1) is 20.8. The highest BCUT2D eigenvalue weighted by Gasteiger charge is 2.31. The molecule has 1 aromatic carbocycles. The number of nitrogens with one attached hydrogen (secondary N) is 1. The summed E-state index contributed by atoms with van der Waals surface area (Å²) in [5, 5.41) is 2.60. The number of hydrogen-bond donors (Lipinski definition) is 2. The zero-order valence-corrected chi connectivity index (χ0v) is 14.4. The largest absolute Gasteiger partial charge is 0.573 e. The summed E-state index contributed by atoms with van der Waals surface area (Å²) in [6, 6.07) is 4.60. The summed E-state index contributed by atoms with van der Waals surface area (Å²) in [5.74, 6) is -1.31. The van der Waals surface area contributed by atoms with Crippen molar-refractivity contribution in [3.8, 4) is 5.75 Å². The van der Waals surface area contributed by atoms with Gasteiger partial charge in [-0.05, 0) is 36.0 Å². The molecule has 5 nitrogen and oxygen atoms in total. The Morgan fingerprint density at radius 3 is 2.16 bits per heavy atom. The van der Waals surface area contributed by atoms with Crippen LogP contribution in [-0.4, -0.2) is 24.2 Å². The Balaban J connectivity index is 2.63. The van der Waals surface area contributed by atoms with Crippen molar-refractivity contribution in [3.05, 3.63) is 29.8 Å². The van der Waals surface area contributed by atoms with E-state index in [1.165, 1.54) is 24.3 Å². The molecular formula is C17H23F3N2O3. The highest BCUT2D eigenvalue weighted by atomic mass is 19.4. The fraction of sp³-hybridized carbons (Fsp3) is 0.529. The lowest BCUT2D eigenvalue weighted by molar-refractivity contribution is -0.274. The minimum Gasteiger partial charge on any atom is -0.406 e. The van der Waals surface area contributed by atoms with Crippen LogP contribution in [0.4, 0.5) is 13.2 Å². The molecule has 0 aliphatic heterocycles. The Hall–Kier alpha value is -2.25. The van der Waals surface area contributed by atoms with Gasteiger partial charge < -0.3 is 15.8 Å². The fourth-order valence-corrected chi connectivity index (χ4v) is 2.36. The van der Waals surface area contributed by atoms with Gasteiger partial charge in [-0.15, -0.1) is 13.2 Å². The van der Waals surface area contributed by atoms with E-state index < -0.39 is 18.3 Å². The SMILES string of the molecule is CC(C)C[C@@H](NC(=O)CC(C)c1ccc(OC(F)(F)F)cc1)C(N)=O. The number of alkyl halides is 3. The normalized spacial score (nSPS) is 14.0. The van der Waals surface area contributed by atoms with Crippen LogP contribution < -0.4 is 15.8 Å². The molecule has 1 aromatic rings. The average molecular weight is 360 g/mol. The lowest BCUT2D eigenvalue weighted by Gasteiger charge is -2.19. The number of nitrogens with two attached hydrogens (primary N) is 1. The fourth-order valence-electron chi connectivity index (χ4n) is 2.36. The van der Waals surface area contributed by atoms with Gasteiger partial charge in [-0.1, -0.05) is 32.9 Å². The number of hydrogen-bond acceptors (Lipinski definition) is 3. The third-order valence-electron chi connectivity index (χ3n) is 3.56. The number of ether oxygens (including phenoxy) is 1. The lowest BCUT2D eigenvalue weighted by Crippen LogP contribution is -2.45. The number of carbonyl (C=O) groups is 2. The lowest BCUT2D eigenvalue weighted by atomic mass is 9.96. The van der Waals surface area contributed by atoms with Gasteiger partial charge in [0.1, 0.15) is 11.8 Å². The van der Waals surface area contributed by atoms with Gasteiger partial charge in [0.2, 0.25) is 11.8 Å². The van der Waals surface area contributed by atoms with Crippen LogP contribution in [0.15, 0.2) is 24.3 Å². The van der Waals surface area contributed by atoms with Crippen LogP contribution in [0.25, 0.3) is 0 Å². The van der Waals surface area contributed by atoms with Gasteiger partial charge in [0, 0.05) is 6.42 Å². The first-order valence-electron chi connectivity index (χ1n) is 7.92. The van der Waals surface area contributed by atoms with E-state index in [0.29, 0.717) is 12.0 Å². The summed E-state index contributed by atoms with van der Waals surface area (Å²) < 4.78 is 40.2. The first-order chi connectivity index (χ1) is 11.5. The molecule has 0 heterocycles. The second kappa shape index (κ2) is 8.73. The van der Waals surface area contributed by atoms with Crippen LogP contribution in [0.3, 0.4) is 0 Å². The summed E-state index contributed by atoms with van der Waals surface area (Å²) in [4.78, 5) is 23.5. The molecule has 0 aromatic heterocycles. The highest BCUT2D eigenvalue weighted by molar-refractivity contribution is 5.86. The third-order valence-corrected chi connectivity index (χ3v) is 3.56. The van der Waals surface area contributed by atoms with Crippen molar-refractivity contribution in [2.75, 3.05) is 0 Å². The van der Waals surface area contributed by atoms with Gasteiger partial charge in [0.15, 0.2) is 0 Å². The second-order valence-electron chi connectivity index (χ2n) is 6.37. The molecule has 0 saturated heterocycles. The molecule has 0 spiro atoms. The van der Waals surface area contributed by atoms with Crippen LogP contribution in [0, 0.1) is 5.92 Å². The van der Waals surface area contributed by atoms with E-state index in [2.05, 4.69) is 10.1 Å². The molecule has 0 aliphatic carbocycles. The molecule has 2 amide bonds. The number of rotatable bonds is 8. The smallest absolute Gasteiger partial charge is 0.406 e. The van der Waals surface area contributed by atoms with Crippen molar-refractivity contribution in [3.63, 3.8) is 0 Å². The van der Waals surface area contributed by atoms with E-state index in [1.807, 2.05) is 13.8 Å². The third kappa shape index (κ3) is 7.91. The molecule has 3 N–H and O–H groups in total. The molecule has 8 heteroatoms. The molecule has 2 atom stereocenters. The molecule has 0 bridgehead atoms. The average Bonchev–Trinajstić information content (AvgIpc) is 2.44. The molecule has 1 unspecified atom stereocenters. The molecule has 25 heavy (non-hydrogen) atoms. The standard InChI is InChI=1S/C17H23F3N2O3/c1-10(2)8-14(16(21)24)22-15(23)9-11(3)12-4-6-13(7-5-12)25-17(18,19)20/h4-7,10-11,14H,8-9H2,1-3H3,(H2,21,24)(H,22,23)/t11?,14-/m1/s1. The van der Waals surface area contributed by atoms with Crippen molar-refractivity contribution in [1.29, 1.82) is 0 Å². The predicted molar refractivity (Wildman–Crippen MR) is 86.7 cm³/mol. The van der Waals surface area contributed by atoms with Crippen molar-refractivity contribution in [1.82, 2.24) is 5.32 Å². The van der Waals surface area contributed by atoms with E-state index >= 15 is 0 Å². The Labute approximate surface area is 144 Å². The number of benzene rings is 1. The van der Waals surface area contributed by atoms with E-state index in [4.69, 9.17) is 5.73 Å². The summed E-state index contributed by atoms with van der Waals surface area (Å²) >= 11 is 0. The summed E-state index contributed by atoms with van der Waals surface area (Å²) in [6.07, 6.45) is -4.21. The number of primary amides is 1. The zero-order valence-electron chi connectivity index (χ0n) is 14.4.